The van der Waals surface area contributed by atoms with Crippen LogP contribution in [0, 0.1) is 5.92 Å². The van der Waals surface area contributed by atoms with E-state index in [1.54, 1.807) is 0 Å². The number of hydrogen-bond acceptors (Lipinski definition) is 4. The Kier molecular flexibility index (Phi) is 4.79. The van der Waals surface area contributed by atoms with Crippen LogP contribution in [-0.2, 0) is 9.47 Å². The fourth-order valence-electron chi connectivity index (χ4n) is 2.52. The lowest BCUT2D eigenvalue weighted by atomic mass is 9.87. The summed E-state index contributed by atoms with van der Waals surface area (Å²) in [6.07, 6.45) is 6.93. The third-order valence-electron chi connectivity index (χ3n) is 3.76. The zero-order chi connectivity index (χ0) is 12.3. The summed E-state index contributed by atoms with van der Waals surface area (Å²) in [6.45, 7) is 2.88. The van der Waals surface area contributed by atoms with Crippen LogP contribution in [0.3, 0.4) is 0 Å². The number of epoxide rings is 2. The molecule has 100 valence electrons. The lowest BCUT2D eigenvalue weighted by molar-refractivity contribution is 0.0877. The molecule has 2 N–H and O–H groups in total. The highest BCUT2D eigenvalue weighted by atomic mass is 16.6. The van der Waals surface area contributed by atoms with Crippen LogP contribution in [0.4, 0.5) is 0 Å². The highest BCUT2D eigenvalue weighted by Crippen LogP contribution is 2.43. The number of fused-ring (bicyclic) bond motifs is 1. The van der Waals surface area contributed by atoms with Gasteiger partial charge in [-0.05, 0) is 31.6 Å². The second kappa shape index (κ2) is 6.14. The van der Waals surface area contributed by atoms with E-state index >= 15 is 0 Å². The van der Waals surface area contributed by atoms with E-state index in [1.807, 2.05) is 6.92 Å². The second-order valence-corrected chi connectivity index (χ2v) is 5.28. The zero-order valence-electron chi connectivity index (χ0n) is 10.5. The van der Waals surface area contributed by atoms with Crippen molar-refractivity contribution in [3.63, 3.8) is 0 Å². The molecule has 5 atom stereocenters. The molecule has 4 heteroatoms. The maximum absolute atomic E-state index is 8.61. The summed E-state index contributed by atoms with van der Waals surface area (Å²) in [5, 5.41) is 16.8. The summed E-state index contributed by atoms with van der Waals surface area (Å²) in [6, 6.07) is 0. The van der Waals surface area contributed by atoms with Crippen LogP contribution in [0.25, 0.3) is 0 Å². The van der Waals surface area contributed by atoms with E-state index < -0.39 is 6.10 Å². The lowest BCUT2D eigenvalue weighted by Crippen LogP contribution is -2.17. The van der Waals surface area contributed by atoms with Gasteiger partial charge in [-0.2, -0.15) is 0 Å². The van der Waals surface area contributed by atoms with Crippen molar-refractivity contribution < 1.29 is 19.7 Å². The quantitative estimate of drug-likeness (QED) is 0.727. The molecule has 0 aromatic heterocycles. The second-order valence-electron chi connectivity index (χ2n) is 5.28. The van der Waals surface area contributed by atoms with Gasteiger partial charge in [-0.1, -0.05) is 13.3 Å². The average Bonchev–Trinajstić information content (AvgIpc) is 3.20. The molecule has 3 rings (SSSR count). The normalized spacial score (nSPS) is 39.7. The molecular weight excluding hydrogens is 220 g/mol. The van der Waals surface area contributed by atoms with E-state index in [-0.39, 0.29) is 6.61 Å². The predicted molar refractivity (Wildman–Crippen MR) is 63.7 cm³/mol. The van der Waals surface area contributed by atoms with E-state index in [0.29, 0.717) is 24.7 Å². The molecule has 3 fully saturated rings. The smallest absolute Gasteiger partial charge is 0.0845 e. The first-order valence-electron chi connectivity index (χ1n) is 6.80. The SMILES string of the molecule is C1CC2OC2CC1C1CO1.CCCC(O)CO. The van der Waals surface area contributed by atoms with Crippen molar-refractivity contribution in [1.82, 2.24) is 0 Å². The molecular formula is C13H24O4. The van der Waals surface area contributed by atoms with Crippen LogP contribution >= 0.6 is 0 Å². The van der Waals surface area contributed by atoms with Gasteiger partial charge in [0.15, 0.2) is 0 Å². The van der Waals surface area contributed by atoms with Gasteiger partial charge in [0.2, 0.25) is 0 Å². The number of aliphatic hydroxyl groups excluding tert-OH is 2. The van der Waals surface area contributed by atoms with Crippen molar-refractivity contribution in [2.75, 3.05) is 13.2 Å². The highest BCUT2D eigenvalue weighted by Gasteiger charge is 2.48. The van der Waals surface area contributed by atoms with E-state index in [4.69, 9.17) is 19.7 Å². The van der Waals surface area contributed by atoms with Crippen LogP contribution in [0.15, 0.2) is 0 Å². The monoisotopic (exact) mass is 244 g/mol. The van der Waals surface area contributed by atoms with Gasteiger partial charge in [0.1, 0.15) is 0 Å². The minimum absolute atomic E-state index is 0.103. The fraction of sp³-hybridized carbons (Fsp3) is 1.00. The van der Waals surface area contributed by atoms with Gasteiger partial charge in [0.25, 0.3) is 0 Å². The molecule has 5 unspecified atom stereocenters. The number of rotatable bonds is 4. The van der Waals surface area contributed by atoms with Gasteiger partial charge in [0.05, 0.1) is 37.6 Å². The van der Waals surface area contributed by atoms with Crippen molar-refractivity contribution in [3.05, 3.63) is 0 Å². The Hall–Kier alpha value is -0.160. The first-order chi connectivity index (χ1) is 8.24. The van der Waals surface area contributed by atoms with Gasteiger partial charge in [-0.15, -0.1) is 0 Å². The summed E-state index contributed by atoms with van der Waals surface area (Å²) >= 11 is 0. The summed E-state index contributed by atoms with van der Waals surface area (Å²) in [5.41, 5.74) is 0. The maximum Gasteiger partial charge on any atom is 0.0845 e. The van der Waals surface area contributed by atoms with Crippen molar-refractivity contribution in [3.8, 4) is 0 Å². The van der Waals surface area contributed by atoms with Gasteiger partial charge < -0.3 is 19.7 Å². The highest BCUT2D eigenvalue weighted by molar-refractivity contribution is 4.96. The summed E-state index contributed by atoms with van der Waals surface area (Å²) < 4.78 is 10.7. The van der Waals surface area contributed by atoms with Crippen molar-refractivity contribution >= 4 is 0 Å². The third kappa shape index (κ3) is 4.21. The van der Waals surface area contributed by atoms with Crippen molar-refractivity contribution in [2.24, 2.45) is 5.92 Å². The molecule has 1 saturated carbocycles. The molecule has 2 heterocycles. The molecule has 0 spiro atoms. The third-order valence-corrected chi connectivity index (χ3v) is 3.76. The Morgan fingerprint density at radius 1 is 1.24 bits per heavy atom. The van der Waals surface area contributed by atoms with Gasteiger partial charge >= 0.3 is 0 Å². The number of aliphatic hydroxyl groups is 2. The molecule has 2 saturated heterocycles. The molecule has 3 aliphatic rings. The molecule has 0 bridgehead atoms. The molecule has 0 amide bonds. The number of ether oxygens (including phenoxy) is 2. The topological polar surface area (TPSA) is 65.5 Å². The largest absolute Gasteiger partial charge is 0.394 e. The molecule has 0 aromatic carbocycles. The summed E-state index contributed by atoms with van der Waals surface area (Å²) in [5.74, 6) is 0.837. The maximum atomic E-state index is 8.61. The zero-order valence-corrected chi connectivity index (χ0v) is 10.5. The van der Waals surface area contributed by atoms with Gasteiger partial charge in [0, 0.05) is 0 Å². The lowest BCUT2D eigenvalue weighted by Gasteiger charge is -2.15. The molecule has 0 radical (unpaired) electrons. The molecule has 1 aliphatic carbocycles. The first kappa shape index (κ1) is 13.3. The van der Waals surface area contributed by atoms with E-state index in [0.717, 1.165) is 18.9 Å². The van der Waals surface area contributed by atoms with Crippen LogP contribution < -0.4 is 0 Å². The average molecular weight is 244 g/mol. The van der Waals surface area contributed by atoms with E-state index in [9.17, 15) is 0 Å². The number of hydrogen-bond donors (Lipinski definition) is 2. The van der Waals surface area contributed by atoms with Gasteiger partial charge in [-0.3, -0.25) is 0 Å². The summed E-state index contributed by atoms with van der Waals surface area (Å²) in [7, 11) is 0. The fourth-order valence-corrected chi connectivity index (χ4v) is 2.52. The van der Waals surface area contributed by atoms with Crippen LogP contribution in [0.2, 0.25) is 0 Å². The van der Waals surface area contributed by atoms with Crippen LogP contribution in [-0.4, -0.2) is 47.8 Å². The molecule has 0 aromatic rings. The Balaban J connectivity index is 0.000000139. The van der Waals surface area contributed by atoms with E-state index in [2.05, 4.69) is 0 Å². The minimum atomic E-state index is -0.495. The first-order valence-corrected chi connectivity index (χ1v) is 6.80. The Labute approximate surface area is 103 Å². The predicted octanol–water partition coefficient (Wildman–Crippen LogP) is 1.09. The summed E-state index contributed by atoms with van der Waals surface area (Å²) in [4.78, 5) is 0. The molecule has 17 heavy (non-hydrogen) atoms. The van der Waals surface area contributed by atoms with Crippen LogP contribution in [0.5, 0.6) is 0 Å². The molecule has 2 aliphatic heterocycles. The minimum Gasteiger partial charge on any atom is -0.394 e. The van der Waals surface area contributed by atoms with Gasteiger partial charge in [-0.25, -0.2) is 0 Å². The Morgan fingerprint density at radius 2 is 2.00 bits per heavy atom. The van der Waals surface area contributed by atoms with Crippen LogP contribution in [0.1, 0.15) is 39.0 Å². The Morgan fingerprint density at radius 3 is 2.47 bits per heavy atom. The molecule has 4 nitrogen and oxygen atoms in total. The van der Waals surface area contributed by atoms with Crippen molar-refractivity contribution in [2.45, 2.75) is 63.4 Å². The van der Waals surface area contributed by atoms with Crippen molar-refractivity contribution in [1.29, 1.82) is 0 Å². The standard InChI is InChI=1S/C8H12O2.C5H12O2/c1-2-6-7(10-6)3-5(1)8-4-9-8;1-2-3-5(7)4-6/h5-8H,1-4H2;5-7H,2-4H2,1H3. The van der Waals surface area contributed by atoms with E-state index in [1.165, 1.54) is 19.3 Å². The Bertz CT molecular complexity index is 229.